The largest absolute Gasteiger partial charge is 0.492 e. The fourth-order valence-electron chi connectivity index (χ4n) is 1.35. The zero-order chi connectivity index (χ0) is 12.1. The number of carbonyl (C=O) groups is 1. The first-order valence-electron chi connectivity index (χ1n) is 5.00. The van der Waals surface area contributed by atoms with Gasteiger partial charge in [-0.05, 0) is 24.6 Å². The Hall–Kier alpha value is -1.26. The number of halogens is 1. The fourth-order valence-corrected chi connectivity index (χ4v) is 1.60. The lowest BCUT2D eigenvalue weighted by atomic mass is 10.0. The van der Waals surface area contributed by atoms with Gasteiger partial charge in [-0.15, -0.1) is 0 Å². The summed E-state index contributed by atoms with van der Waals surface area (Å²) < 4.78 is 5.29. The van der Waals surface area contributed by atoms with E-state index in [-0.39, 0.29) is 6.42 Å². The summed E-state index contributed by atoms with van der Waals surface area (Å²) >= 11 is 5.99. The molecule has 4 nitrogen and oxygen atoms in total. The second-order valence-corrected chi connectivity index (χ2v) is 3.81. The summed E-state index contributed by atoms with van der Waals surface area (Å²) in [6.07, 6.45) is 0.101. The summed E-state index contributed by atoms with van der Waals surface area (Å²) in [6, 6.07) is 4.79. The summed E-state index contributed by atoms with van der Waals surface area (Å²) in [5.74, 6) is 0.177. The van der Waals surface area contributed by atoms with Crippen LogP contribution in [-0.4, -0.2) is 12.5 Å². The second-order valence-electron chi connectivity index (χ2n) is 3.40. The minimum Gasteiger partial charge on any atom is -0.492 e. The quantitative estimate of drug-likeness (QED) is 0.824. The van der Waals surface area contributed by atoms with E-state index in [4.69, 9.17) is 27.8 Å². The first-order valence-corrected chi connectivity index (χ1v) is 5.38. The predicted octanol–water partition coefficient (Wildman–Crippen LogP) is 1.61. The Morgan fingerprint density at radius 1 is 1.56 bits per heavy atom. The summed E-state index contributed by atoms with van der Waals surface area (Å²) in [4.78, 5) is 10.7. The lowest BCUT2D eigenvalue weighted by Gasteiger charge is -2.12. The van der Waals surface area contributed by atoms with Gasteiger partial charge in [-0.3, -0.25) is 4.79 Å². The van der Waals surface area contributed by atoms with Crippen LogP contribution in [0.5, 0.6) is 5.75 Å². The highest BCUT2D eigenvalue weighted by molar-refractivity contribution is 6.32. The molecule has 0 saturated heterocycles. The van der Waals surface area contributed by atoms with Crippen LogP contribution in [0.2, 0.25) is 5.02 Å². The molecule has 1 aromatic carbocycles. The Balaban J connectivity index is 2.83. The van der Waals surface area contributed by atoms with Crippen molar-refractivity contribution in [2.75, 3.05) is 6.61 Å². The number of hydrogen-bond donors (Lipinski definition) is 2. The molecule has 0 aromatic heterocycles. The smallest absolute Gasteiger partial charge is 0.219 e. The first kappa shape index (κ1) is 12.8. The van der Waals surface area contributed by atoms with E-state index in [0.29, 0.717) is 17.4 Å². The molecule has 0 aliphatic rings. The maximum atomic E-state index is 10.7. The van der Waals surface area contributed by atoms with Crippen molar-refractivity contribution in [3.05, 3.63) is 28.8 Å². The Kier molecular flexibility index (Phi) is 4.58. The molecule has 1 unspecified atom stereocenters. The third-order valence-electron chi connectivity index (χ3n) is 2.11. The van der Waals surface area contributed by atoms with Crippen molar-refractivity contribution >= 4 is 17.5 Å². The molecule has 5 heteroatoms. The summed E-state index contributed by atoms with van der Waals surface area (Å²) in [7, 11) is 0. The minimum absolute atomic E-state index is 0.101. The van der Waals surface area contributed by atoms with Gasteiger partial charge < -0.3 is 16.2 Å². The molecule has 0 aliphatic carbocycles. The lowest BCUT2D eigenvalue weighted by molar-refractivity contribution is -0.118. The van der Waals surface area contributed by atoms with Gasteiger partial charge in [0.2, 0.25) is 5.91 Å². The van der Waals surface area contributed by atoms with Gasteiger partial charge in [0, 0.05) is 12.5 Å². The highest BCUT2D eigenvalue weighted by atomic mass is 35.5. The van der Waals surface area contributed by atoms with Crippen LogP contribution in [0.4, 0.5) is 0 Å². The van der Waals surface area contributed by atoms with Gasteiger partial charge in [0.15, 0.2) is 0 Å². The average Bonchev–Trinajstić information content (AvgIpc) is 2.20. The van der Waals surface area contributed by atoms with Gasteiger partial charge >= 0.3 is 0 Å². The number of primary amides is 1. The van der Waals surface area contributed by atoms with Crippen molar-refractivity contribution in [3.63, 3.8) is 0 Å². The van der Waals surface area contributed by atoms with E-state index in [9.17, 15) is 4.79 Å². The molecule has 1 amide bonds. The molecule has 4 N–H and O–H groups in total. The Bertz CT molecular complexity index is 382. The SMILES string of the molecule is CCOc1ccc(C(N)CC(N)=O)cc1Cl. The zero-order valence-corrected chi connectivity index (χ0v) is 9.83. The Morgan fingerprint density at radius 2 is 2.25 bits per heavy atom. The zero-order valence-electron chi connectivity index (χ0n) is 9.07. The monoisotopic (exact) mass is 242 g/mol. The third kappa shape index (κ3) is 3.40. The standard InChI is InChI=1S/C11H15ClN2O2/c1-2-16-10-4-3-7(5-8(10)12)9(13)6-11(14)15/h3-5,9H,2,6,13H2,1H3,(H2,14,15). The molecule has 1 rings (SSSR count). The van der Waals surface area contributed by atoms with Gasteiger partial charge in [0.05, 0.1) is 11.6 Å². The third-order valence-corrected chi connectivity index (χ3v) is 2.40. The van der Waals surface area contributed by atoms with Crippen LogP contribution in [0.3, 0.4) is 0 Å². The molecule has 0 spiro atoms. The van der Waals surface area contributed by atoms with Crippen molar-refractivity contribution in [2.45, 2.75) is 19.4 Å². The number of benzene rings is 1. The van der Waals surface area contributed by atoms with E-state index in [2.05, 4.69) is 0 Å². The highest BCUT2D eigenvalue weighted by Crippen LogP contribution is 2.28. The molecule has 0 radical (unpaired) electrons. The van der Waals surface area contributed by atoms with E-state index < -0.39 is 11.9 Å². The number of rotatable bonds is 5. The number of hydrogen-bond acceptors (Lipinski definition) is 3. The van der Waals surface area contributed by atoms with Crippen LogP contribution >= 0.6 is 11.6 Å². The topological polar surface area (TPSA) is 78.3 Å². The van der Waals surface area contributed by atoms with Crippen molar-refractivity contribution in [1.82, 2.24) is 0 Å². The molecule has 0 saturated carbocycles. The number of nitrogens with two attached hydrogens (primary N) is 2. The molecule has 16 heavy (non-hydrogen) atoms. The highest BCUT2D eigenvalue weighted by Gasteiger charge is 2.11. The molecule has 1 aromatic rings. The predicted molar refractivity (Wildman–Crippen MR) is 63.4 cm³/mol. The lowest BCUT2D eigenvalue weighted by Crippen LogP contribution is -2.20. The van der Waals surface area contributed by atoms with Gasteiger partial charge in [0.1, 0.15) is 5.75 Å². The summed E-state index contributed by atoms with van der Waals surface area (Å²) in [5, 5.41) is 0.485. The van der Waals surface area contributed by atoms with Gasteiger partial charge in [0.25, 0.3) is 0 Å². The van der Waals surface area contributed by atoms with Crippen LogP contribution in [0.25, 0.3) is 0 Å². The van der Waals surface area contributed by atoms with E-state index in [1.54, 1.807) is 18.2 Å². The van der Waals surface area contributed by atoms with E-state index >= 15 is 0 Å². The number of amides is 1. The first-order chi connectivity index (χ1) is 7.54. The molecule has 1 atom stereocenters. The van der Waals surface area contributed by atoms with Gasteiger partial charge in [-0.1, -0.05) is 17.7 Å². The van der Waals surface area contributed by atoms with Crippen LogP contribution in [0.1, 0.15) is 24.9 Å². The molecule has 0 aliphatic heterocycles. The second kappa shape index (κ2) is 5.72. The molecule has 0 fully saturated rings. The van der Waals surface area contributed by atoms with Crippen molar-refractivity contribution < 1.29 is 9.53 Å². The molecular formula is C11H15ClN2O2. The summed E-state index contributed by atoms with van der Waals surface area (Å²) in [6.45, 7) is 2.43. The van der Waals surface area contributed by atoms with E-state index in [1.807, 2.05) is 6.92 Å². The molecular weight excluding hydrogens is 228 g/mol. The van der Waals surface area contributed by atoms with E-state index in [0.717, 1.165) is 5.56 Å². The van der Waals surface area contributed by atoms with Crippen LogP contribution < -0.4 is 16.2 Å². The minimum atomic E-state index is -0.433. The molecule has 88 valence electrons. The van der Waals surface area contributed by atoms with Crippen molar-refractivity contribution in [2.24, 2.45) is 11.5 Å². The Labute approximate surface area is 99.5 Å². The van der Waals surface area contributed by atoms with Gasteiger partial charge in [-0.2, -0.15) is 0 Å². The van der Waals surface area contributed by atoms with Crippen molar-refractivity contribution in [3.8, 4) is 5.75 Å². The summed E-state index contributed by atoms with van der Waals surface area (Å²) in [5.41, 5.74) is 11.6. The maximum absolute atomic E-state index is 10.7. The maximum Gasteiger partial charge on any atom is 0.219 e. The van der Waals surface area contributed by atoms with E-state index in [1.165, 1.54) is 0 Å². The molecule has 0 bridgehead atoms. The fraction of sp³-hybridized carbons (Fsp3) is 0.364. The average molecular weight is 243 g/mol. The van der Waals surface area contributed by atoms with Crippen molar-refractivity contribution in [1.29, 1.82) is 0 Å². The number of carbonyl (C=O) groups excluding carboxylic acids is 1. The number of ether oxygens (including phenoxy) is 1. The Morgan fingerprint density at radius 3 is 2.75 bits per heavy atom. The van der Waals surface area contributed by atoms with Crippen LogP contribution in [0.15, 0.2) is 18.2 Å². The normalized spacial score (nSPS) is 12.2. The van der Waals surface area contributed by atoms with Crippen LogP contribution in [0, 0.1) is 0 Å². The van der Waals surface area contributed by atoms with Crippen LogP contribution in [-0.2, 0) is 4.79 Å². The van der Waals surface area contributed by atoms with Gasteiger partial charge in [-0.25, -0.2) is 0 Å². The molecule has 0 heterocycles.